The van der Waals surface area contributed by atoms with Crippen molar-refractivity contribution in [2.75, 3.05) is 13.1 Å². The number of nitrogens with two attached hydrogens (primary N) is 1. The van der Waals surface area contributed by atoms with Gasteiger partial charge in [-0.2, -0.15) is 4.31 Å². The van der Waals surface area contributed by atoms with Crippen LogP contribution in [0.15, 0.2) is 23.1 Å². The predicted octanol–water partition coefficient (Wildman–Crippen LogP) is 2.11. The van der Waals surface area contributed by atoms with Crippen LogP contribution in [0.2, 0.25) is 10.0 Å². The number of hydrogen-bond donors (Lipinski definition) is 1. The summed E-state index contributed by atoms with van der Waals surface area (Å²) >= 11 is 11.6. The minimum atomic E-state index is -3.53. The largest absolute Gasteiger partial charge is 0.329 e. The smallest absolute Gasteiger partial charge is 0.243 e. The van der Waals surface area contributed by atoms with Gasteiger partial charge in [-0.15, -0.1) is 0 Å². The van der Waals surface area contributed by atoms with Gasteiger partial charge in [0.1, 0.15) is 0 Å². The average Bonchev–Trinajstić information content (AvgIpc) is 2.81. The summed E-state index contributed by atoms with van der Waals surface area (Å²) in [7, 11) is -3.53. The zero-order valence-electron chi connectivity index (χ0n) is 9.64. The van der Waals surface area contributed by atoms with Gasteiger partial charge in [0, 0.05) is 19.1 Å². The van der Waals surface area contributed by atoms with E-state index in [1.165, 1.54) is 22.5 Å². The fourth-order valence-corrected chi connectivity index (χ4v) is 4.23. The van der Waals surface area contributed by atoms with Crippen molar-refractivity contribution in [2.24, 2.45) is 5.73 Å². The molecule has 1 saturated heterocycles. The number of hydrogen-bond acceptors (Lipinski definition) is 3. The highest BCUT2D eigenvalue weighted by molar-refractivity contribution is 7.89. The summed E-state index contributed by atoms with van der Waals surface area (Å²) in [5.74, 6) is 0. The summed E-state index contributed by atoms with van der Waals surface area (Å²) in [5.41, 5.74) is 5.60. The van der Waals surface area contributed by atoms with Crippen molar-refractivity contribution < 1.29 is 8.42 Å². The van der Waals surface area contributed by atoms with E-state index in [0.717, 1.165) is 12.8 Å². The minimum absolute atomic E-state index is 0.121. The van der Waals surface area contributed by atoms with Gasteiger partial charge in [0.25, 0.3) is 0 Å². The Morgan fingerprint density at radius 2 is 2.06 bits per heavy atom. The molecule has 0 spiro atoms. The molecular formula is C11H14Cl2N2O2S. The Kier molecular flexibility index (Phi) is 4.18. The van der Waals surface area contributed by atoms with E-state index in [4.69, 9.17) is 28.9 Å². The van der Waals surface area contributed by atoms with E-state index in [9.17, 15) is 8.42 Å². The number of benzene rings is 1. The van der Waals surface area contributed by atoms with Crippen molar-refractivity contribution in [3.8, 4) is 0 Å². The Hall–Kier alpha value is -0.330. The van der Waals surface area contributed by atoms with E-state index >= 15 is 0 Å². The molecule has 1 fully saturated rings. The first-order valence-electron chi connectivity index (χ1n) is 5.64. The Morgan fingerprint density at radius 1 is 1.33 bits per heavy atom. The molecule has 2 rings (SSSR count). The molecule has 18 heavy (non-hydrogen) atoms. The molecule has 1 aliphatic rings. The van der Waals surface area contributed by atoms with Crippen molar-refractivity contribution in [1.29, 1.82) is 0 Å². The fraction of sp³-hybridized carbons (Fsp3) is 0.455. The van der Waals surface area contributed by atoms with Crippen molar-refractivity contribution >= 4 is 33.2 Å². The summed E-state index contributed by atoms with van der Waals surface area (Å²) in [4.78, 5) is 0.164. The van der Waals surface area contributed by atoms with Gasteiger partial charge < -0.3 is 5.73 Å². The Morgan fingerprint density at radius 3 is 2.67 bits per heavy atom. The number of sulfonamides is 1. The van der Waals surface area contributed by atoms with Crippen LogP contribution in [0.4, 0.5) is 0 Å². The molecule has 0 aliphatic carbocycles. The third-order valence-electron chi connectivity index (χ3n) is 3.09. The van der Waals surface area contributed by atoms with Gasteiger partial charge in [-0.1, -0.05) is 23.2 Å². The predicted molar refractivity (Wildman–Crippen MR) is 72.4 cm³/mol. The first kappa shape index (κ1) is 14.1. The number of rotatable bonds is 3. The highest BCUT2D eigenvalue weighted by atomic mass is 35.5. The first-order valence-corrected chi connectivity index (χ1v) is 7.83. The monoisotopic (exact) mass is 308 g/mol. The van der Waals surface area contributed by atoms with E-state index in [-0.39, 0.29) is 16.0 Å². The fourth-order valence-electron chi connectivity index (χ4n) is 2.13. The molecule has 4 nitrogen and oxygen atoms in total. The molecule has 1 atom stereocenters. The topological polar surface area (TPSA) is 63.4 Å². The van der Waals surface area contributed by atoms with Gasteiger partial charge >= 0.3 is 0 Å². The third-order valence-corrected chi connectivity index (χ3v) is 5.78. The van der Waals surface area contributed by atoms with Crippen molar-refractivity contribution in [3.63, 3.8) is 0 Å². The maximum atomic E-state index is 12.4. The molecule has 2 N–H and O–H groups in total. The van der Waals surface area contributed by atoms with Crippen LogP contribution in [0.25, 0.3) is 0 Å². The third kappa shape index (κ3) is 2.51. The summed E-state index contributed by atoms with van der Waals surface area (Å²) < 4.78 is 26.3. The molecule has 1 unspecified atom stereocenters. The molecule has 0 bridgehead atoms. The molecule has 0 amide bonds. The van der Waals surface area contributed by atoms with Gasteiger partial charge in [-0.05, 0) is 31.0 Å². The maximum Gasteiger partial charge on any atom is 0.243 e. The average molecular weight is 309 g/mol. The van der Waals surface area contributed by atoms with Crippen molar-refractivity contribution in [1.82, 2.24) is 4.31 Å². The van der Waals surface area contributed by atoms with E-state index in [2.05, 4.69) is 0 Å². The molecule has 0 aromatic heterocycles. The summed E-state index contributed by atoms with van der Waals surface area (Å²) in [6.45, 7) is 0.838. The maximum absolute atomic E-state index is 12.4. The number of halogens is 2. The van der Waals surface area contributed by atoms with Gasteiger partial charge in [0.15, 0.2) is 0 Å². The lowest BCUT2D eigenvalue weighted by Crippen LogP contribution is -2.39. The van der Waals surface area contributed by atoms with E-state index < -0.39 is 10.0 Å². The van der Waals surface area contributed by atoms with Gasteiger partial charge in [-0.25, -0.2) is 8.42 Å². The Bertz CT molecular complexity index is 548. The first-order chi connectivity index (χ1) is 8.46. The Labute approximate surface area is 117 Å². The van der Waals surface area contributed by atoms with E-state index in [1.54, 1.807) is 0 Å². The molecule has 0 radical (unpaired) electrons. The van der Waals surface area contributed by atoms with E-state index in [1.807, 2.05) is 0 Å². The van der Waals surface area contributed by atoms with Crippen LogP contribution in [0.3, 0.4) is 0 Å². The van der Waals surface area contributed by atoms with Gasteiger partial charge in [-0.3, -0.25) is 0 Å². The lowest BCUT2D eigenvalue weighted by Gasteiger charge is -2.22. The van der Waals surface area contributed by atoms with Crippen LogP contribution in [0.5, 0.6) is 0 Å². The SMILES string of the molecule is NCC1CCCN1S(=O)(=O)c1ccc(Cl)c(Cl)c1. The quantitative estimate of drug-likeness (QED) is 0.930. The zero-order chi connectivity index (χ0) is 13.3. The van der Waals surface area contributed by atoms with Crippen molar-refractivity contribution in [2.45, 2.75) is 23.8 Å². The molecule has 1 aromatic rings. The van der Waals surface area contributed by atoms with E-state index in [0.29, 0.717) is 18.1 Å². The van der Waals surface area contributed by atoms with Crippen LogP contribution in [0, 0.1) is 0 Å². The van der Waals surface area contributed by atoms with Crippen LogP contribution < -0.4 is 5.73 Å². The standard InChI is InChI=1S/C11H14Cl2N2O2S/c12-10-4-3-9(6-11(10)13)18(16,17)15-5-1-2-8(15)7-14/h3-4,6,8H,1-2,5,7,14H2. The molecule has 0 saturated carbocycles. The summed E-state index contributed by atoms with van der Waals surface area (Å²) in [6.07, 6.45) is 1.64. The molecule has 1 heterocycles. The van der Waals surface area contributed by atoms with Gasteiger partial charge in [0.05, 0.1) is 14.9 Å². The highest BCUT2D eigenvalue weighted by Gasteiger charge is 2.34. The summed E-state index contributed by atoms with van der Waals surface area (Å²) in [6, 6.07) is 4.22. The second kappa shape index (κ2) is 5.35. The number of nitrogens with zero attached hydrogens (tertiary/aromatic N) is 1. The zero-order valence-corrected chi connectivity index (χ0v) is 12.0. The van der Waals surface area contributed by atoms with Crippen LogP contribution in [-0.2, 0) is 10.0 Å². The van der Waals surface area contributed by atoms with Crippen molar-refractivity contribution in [3.05, 3.63) is 28.2 Å². The lowest BCUT2D eigenvalue weighted by atomic mass is 10.2. The van der Waals surface area contributed by atoms with Gasteiger partial charge in [0.2, 0.25) is 10.0 Å². The summed E-state index contributed by atoms with van der Waals surface area (Å²) in [5, 5.41) is 0.577. The molecule has 100 valence electrons. The normalized spacial score (nSPS) is 21.4. The molecule has 7 heteroatoms. The lowest BCUT2D eigenvalue weighted by molar-refractivity contribution is 0.393. The minimum Gasteiger partial charge on any atom is -0.329 e. The Balaban J connectivity index is 2.38. The van der Waals surface area contributed by atoms with Crippen LogP contribution in [0.1, 0.15) is 12.8 Å². The molecular weight excluding hydrogens is 295 g/mol. The second-order valence-electron chi connectivity index (χ2n) is 4.22. The molecule has 1 aromatic carbocycles. The second-order valence-corrected chi connectivity index (χ2v) is 6.93. The van der Waals surface area contributed by atoms with Crippen LogP contribution >= 0.6 is 23.2 Å². The van der Waals surface area contributed by atoms with Crippen LogP contribution in [-0.4, -0.2) is 31.9 Å². The molecule has 1 aliphatic heterocycles. The highest BCUT2D eigenvalue weighted by Crippen LogP contribution is 2.29.